The van der Waals surface area contributed by atoms with E-state index in [1.54, 1.807) is 0 Å². The van der Waals surface area contributed by atoms with Crippen molar-refractivity contribution in [3.05, 3.63) is 35.4 Å². The molecule has 1 heterocycles. The molecule has 0 spiro atoms. The molecule has 1 atom stereocenters. The highest BCUT2D eigenvalue weighted by molar-refractivity contribution is 7.98. The molecule has 0 aliphatic carbocycles. The van der Waals surface area contributed by atoms with Crippen molar-refractivity contribution in [2.45, 2.75) is 45.3 Å². The number of nitrogens with zero attached hydrogens (tertiary/aromatic N) is 1. The van der Waals surface area contributed by atoms with Crippen LogP contribution < -0.4 is 16.0 Å². The molecule has 1 amide bonds. The van der Waals surface area contributed by atoms with Gasteiger partial charge in [0.2, 0.25) is 0 Å². The second kappa shape index (κ2) is 13.4. The lowest BCUT2D eigenvalue weighted by Crippen LogP contribution is -2.37. The van der Waals surface area contributed by atoms with Crippen LogP contribution in [-0.2, 0) is 11.3 Å². The van der Waals surface area contributed by atoms with Gasteiger partial charge >= 0.3 is 0 Å². The first-order chi connectivity index (χ1) is 13.7. The lowest BCUT2D eigenvalue weighted by atomic mass is 10.1. The normalized spacial score (nSPS) is 16.8. The lowest BCUT2D eigenvalue weighted by molar-refractivity contribution is 0.0857. The Morgan fingerprint density at radius 1 is 1.29 bits per heavy atom. The first-order valence-electron chi connectivity index (χ1n) is 10.2. The van der Waals surface area contributed by atoms with Gasteiger partial charge in [-0.05, 0) is 62.3 Å². The van der Waals surface area contributed by atoms with E-state index in [9.17, 15) is 4.79 Å². The summed E-state index contributed by atoms with van der Waals surface area (Å²) < 4.78 is 5.56. The van der Waals surface area contributed by atoms with Gasteiger partial charge in [-0.2, -0.15) is 11.8 Å². The summed E-state index contributed by atoms with van der Waals surface area (Å²) in [5, 5.41) is 9.62. The minimum Gasteiger partial charge on any atom is -0.376 e. The third-order valence-electron chi connectivity index (χ3n) is 4.54. The van der Waals surface area contributed by atoms with E-state index in [1.165, 1.54) is 12.2 Å². The molecular formula is C21H34N4O2S. The first-order valence-corrected chi connectivity index (χ1v) is 11.6. The number of amides is 1. The zero-order valence-electron chi connectivity index (χ0n) is 17.1. The third kappa shape index (κ3) is 8.52. The molecule has 0 aromatic heterocycles. The number of nitrogens with one attached hydrogen (secondary N) is 3. The number of hydrogen-bond acceptors (Lipinski definition) is 4. The number of thioether (sulfide) groups is 1. The molecule has 0 bridgehead atoms. The van der Waals surface area contributed by atoms with E-state index in [0.29, 0.717) is 18.7 Å². The maximum Gasteiger partial charge on any atom is 0.251 e. The SMILES string of the molecule is CCNC(=NCc1cccc(C(=O)NCC2CCCO2)c1)NCCCCSC. The fraction of sp³-hybridized carbons (Fsp3) is 0.619. The zero-order valence-corrected chi connectivity index (χ0v) is 17.9. The van der Waals surface area contributed by atoms with Crippen molar-refractivity contribution in [3.8, 4) is 0 Å². The largest absolute Gasteiger partial charge is 0.376 e. The molecule has 1 aromatic carbocycles. The molecule has 0 saturated carbocycles. The summed E-state index contributed by atoms with van der Waals surface area (Å²) in [4.78, 5) is 17.0. The van der Waals surface area contributed by atoms with Crippen LogP contribution in [-0.4, -0.2) is 56.2 Å². The number of carbonyl (C=O) groups is 1. The molecular weight excluding hydrogens is 372 g/mol. The Bertz CT molecular complexity index is 618. The number of benzene rings is 1. The highest BCUT2D eigenvalue weighted by Crippen LogP contribution is 2.11. The van der Waals surface area contributed by atoms with Crippen LogP contribution in [0, 0.1) is 0 Å². The predicted molar refractivity (Wildman–Crippen MR) is 118 cm³/mol. The lowest BCUT2D eigenvalue weighted by Gasteiger charge is -2.12. The molecule has 1 aliphatic heterocycles. The topological polar surface area (TPSA) is 74.8 Å². The van der Waals surface area contributed by atoms with Gasteiger partial charge in [0.15, 0.2) is 5.96 Å². The van der Waals surface area contributed by atoms with E-state index >= 15 is 0 Å². The molecule has 0 radical (unpaired) electrons. The summed E-state index contributed by atoms with van der Waals surface area (Å²) in [5.74, 6) is 1.96. The van der Waals surface area contributed by atoms with E-state index < -0.39 is 0 Å². The summed E-state index contributed by atoms with van der Waals surface area (Å²) in [6.07, 6.45) is 6.72. The van der Waals surface area contributed by atoms with Crippen LogP contribution in [0.3, 0.4) is 0 Å². The van der Waals surface area contributed by atoms with Crippen LogP contribution in [0.25, 0.3) is 0 Å². The van der Waals surface area contributed by atoms with Gasteiger partial charge in [0.05, 0.1) is 12.6 Å². The van der Waals surface area contributed by atoms with Gasteiger partial charge < -0.3 is 20.7 Å². The predicted octanol–water partition coefficient (Wildman–Crippen LogP) is 2.79. The molecule has 1 aliphatic rings. The summed E-state index contributed by atoms with van der Waals surface area (Å²) >= 11 is 1.88. The minimum absolute atomic E-state index is 0.0554. The van der Waals surface area contributed by atoms with E-state index in [1.807, 2.05) is 36.0 Å². The van der Waals surface area contributed by atoms with Crippen molar-refractivity contribution in [2.24, 2.45) is 4.99 Å². The van der Waals surface area contributed by atoms with E-state index in [4.69, 9.17) is 4.74 Å². The van der Waals surface area contributed by atoms with Crippen LogP contribution >= 0.6 is 11.8 Å². The van der Waals surface area contributed by atoms with Gasteiger partial charge in [0.25, 0.3) is 5.91 Å². The van der Waals surface area contributed by atoms with E-state index in [-0.39, 0.29) is 12.0 Å². The smallest absolute Gasteiger partial charge is 0.251 e. The van der Waals surface area contributed by atoms with Crippen molar-refractivity contribution in [1.29, 1.82) is 0 Å². The third-order valence-corrected chi connectivity index (χ3v) is 5.23. The summed E-state index contributed by atoms with van der Waals surface area (Å²) in [6, 6.07) is 7.67. The summed E-state index contributed by atoms with van der Waals surface area (Å²) in [6.45, 7) is 5.71. The number of aliphatic imine (C=N–C) groups is 1. The Hall–Kier alpha value is -1.73. The number of hydrogen-bond donors (Lipinski definition) is 3. The molecule has 1 fully saturated rings. The molecule has 1 aromatic rings. The standard InChI is InChI=1S/C21H34N4O2S/c1-3-22-21(23-11-4-5-13-28-2)25-15-17-8-6-9-18(14-17)20(26)24-16-19-10-7-12-27-19/h6,8-9,14,19H,3-5,7,10-13,15-16H2,1-2H3,(H,24,26)(H2,22,23,25). The Balaban J connectivity index is 1.84. The van der Waals surface area contributed by atoms with Gasteiger partial charge in [-0.1, -0.05) is 12.1 Å². The van der Waals surface area contributed by atoms with Crippen LogP contribution in [0.15, 0.2) is 29.3 Å². The van der Waals surface area contributed by atoms with Crippen LogP contribution in [0.2, 0.25) is 0 Å². The molecule has 7 heteroatoms. The second-order valence-corrected chi connectivity index (χ2v) is 7.85. The van der Waals surface area contributed by atoms with Crippen LogP contribution in [0.5, 0.6) is 0 Å². The van der Waals surface area contributed by atoms with Crippen LogP contribution in [0.1, 0.15) is 48.5 Å². The van der Waals surface area contributed by atoms with Gasteiger partial charge in [-0.15, -0.1) is 0 Å². The molecule has 3 N–H and O–H groups in total. The average molecular weight is 407 g/mol. The molecule has 1 unspecified atom stereocenters. The monoisotopic (exact) mass is 406 g/mol. The van der Waals surface area contributed by atoms with Gasteiger partial charge in [0, 0.05) is 31.8 Å². The number of rotatable bonds is 11. The molecule has 156 valence electrons. The molecule has 28 heavy (non-hydrogen) atoms. The Labute approximate surface area is 173 Å². The van der Waals surface area contributed by atoms with Gasteiger partial charge in [-0.3, -0.25) is 4.79 Å². The van der Waals surface area contributed by atoms with Crippen molar-refractivity contribution in [3.63, 3.8) is 0 Å². The fourth-order valence-corrected chi connectivity index (χ4v) is 3.51. The second-order valence-electron chi connectivity index (χ2n) is 6.87. The van der Waals surface area contributed by atoms with E-state index in [0.717, 1.165) is 50.5 Å². The number of unbranched alkanes of at least 4 members (excludes halogenated alkanes) is 1. The van der Waals surface area contributed by atoms with Crippen molar-refractivity contribution >= 4 is 23.6 Å². The summed E-state index contributed by atoms with van der Waals surface area (Å²) in [5.41, 5.74) is 1.69. The van der Waals surface area contributed by atoms with Crippen molar-refractivity contribution in [1.82, 2.24) is 16.0 Å². The molecule has 2 rings (SSSR count). The van der Waals surface area contributed by atoms with Gasteiger partial charge in [-0.25, -0.2) is 4.99 Å². The zero-order chi connectivity index (χ0) is 20.0. The fourth-order valence-electron chi connectivity index (χ4n) is 3.02. The number of carbonyl (C=O) groups excluding carboxylic acids is 1. The van der Waals surface area contributed by atoms with Crippen molar-refractivity contribution in [2.75, 3.05) is 38.2 Å². The van der Waals surface area contributed by atoms with E-state index in [2.05, 4.69) is 34.1 Å². The van der Waals surface area contributed by atoms with Crippen LogP contribution in [0.4, 0.5) is 0 Å². The Morgan fingerprint density at radius 3 is 2.93 bits per heavy atom. The maximum absolute atomic E-state index is 12.4. The first kappa shape index (κ1) is 22.6. The molecule has 6 nitrogen and oxygen atoms in total. The Kier molecular flexibility index (Phi) is 10.8. The summed E-state index contributed by atoms with van der Waals surface area (Å²) in [7, 11) is 0. The minimum atomic E-state index is -0.0554. The average Bonchev–Trinajstić information content (AvgIpc) is 3.24. The number of guanidine groups is 1. The highest BCUT2D eigenvalue weighted by Gasteiger charge is 2.16. The van der Waals surface area contributed by atoms with Gasteiger partial charge in [0.1, 0.15) is 0 Å². The Morgan fingerprint density at radius 2 is 2.18 bits per heavy atom. The quantitative estimate of drug-likeness (QED) is 0.299. The highest BCUT2D eigenvalue weighted by atomic mass is 32.2. The number of ether oxygens (including phenoxy) is 1. The maximum atomic E-state index is 12.4. The van der Waals surface area contributed by atoms with Crippen molar-refractivity contribution < 1.29 is 9.53 Å². The molecule has 1 saturated heterocycles.